The van der Waals surface area contributed by atoms with Gasteiger partial charge in [0.25, 0.3) is 0 Å². The van der Waals surface area contributed by atoms with Crippen LogP contribution in [-0.2, 0) is 6.54 Å². The number of hydrogen-bond donors (Lipinski definition) is 2. The number of aromatic nitrogens is 3. The average Bonchev–Trinajstić information content (AvgIpc) is 2.94. The molecule has 0 unspecified atom stereocenters. The van der Waals surface area contributed by atoms with Crippen molar-refractivity contribution in [3.63, 3.8) is 0 Å². The zero-order valence-electron chi connectivity index (χ0n) is 10.9. The third-order valence-corrected chi connectivity index (χ3v) is 2.61. The molecule has 22 heavy (non-hydrogen) atoms. The Morgan fingerprint density at radius 1 is 1.45 bits per heavy atom. The highest BCUT2D eigenvalue weighted by atomic mass is 19.3. The molecule has 2 N–H and O–H groups in total. The van der Waals surface area contributed by atoms with Crippen LogP contribution in [0.25, 0.3) is 0 Å². The zero-order chi connectivity index (χ0) is 16.1. The molecule has 2 heterocycles. The number of carbonyl (C=O) groups excluding carboxylic acids is 1. The first-order valence-corrected chi connectivity index (χ1v) is 5.92. The van der Waals surface area contributed by atoms with E-state index in [1.54, 1.807) is 0 Å². The SMILES string of the molecule is O=C(NCc1nccn1C(F)F)Nc1ccncc1[N+](=O)[O-]. The van der Waals surface area contributed by atoms with Crippen molar-refractivity contribution in [2.45, 2.75) is 13.1 Å². The van der Waals surface area contributed by atoms with Crippen molar-refractivity contribution in [1.82, 2.24) is 19.9 Å². The molecule has 116 valence electrons. The smallest absolute Gasteiger partial charge is 0.319 e. The van der Waals surface area contributed by atoms with Gasteiger partial charge in [-0.1, -0.05) is 0 Å². The summed E-state index contributed by atoms with van der Waals surface area (Å²) in [6.45, 7) is -3.04. The second-order valence-electron chi connectivity index (χ2n) is 3.99. The monoisotopic (exact) mass is 312 g/mol. The number of urea groups is 1. The van der Waals surface area contributed by atoms with Gasteiger partial charge in [0.1, 0.15) is 17.7 Å². The summed E-state index contributed by atoms with van der Waals surface area (Å²) in [7, 11) is 0. The lowest BCUT2D eigenvalue weighted by Crippen LogP contribution is -2.29. The van der Waals surface area contributed by atoms with Gasteiger partial charge in [0.15, 0.2) is 0 Å². The first-order valence-electron chi connectivity index (χ1n) is 5.92. The first-order chi connectivity index (χ1) is 10.5. The third kappa shape index (κ3) is 3.50. The molecule has 0 spiro atoms. The van der Waals surface area contributed by atoms with Crippen LogP contribution in [0.2, 0.25) is 0 Å². The number of rotatable bonds is 5. The molecule has 0 atom stereocenters. The van der Waals surface area contributed by atoms with Crippen molar-refractivity contribution in [3.8, 4) is 0 Å². The van der Waals surface area contributed by atoms with Crippen LogP contribution < -0.4 is 10.6 Å². The van der Waals surface area contributed by atoms with Crippen molar-refractivity contribution in [2.75, 3.05) is 5.32 Å². The van der Waals surface area contributed by atoms with Gasteiger partial charge >= 0.3 is 18.3 Å². The van der Waals surface area contributed by atoms with Gasteiger partial charge in [-0.15, -0.1) is 0 Å². The fourth-order valence-corrected chi connectivity index (χ4v) is 1.62. The Kier molecular flexibility index (Phi) is 4.56. The van der Waals surface area contributed by atoms with E-state index in [4.69, 9.17) is 0 Å². The van der Waals surface area contributed by atoms with Gasteiger partial charge in [-0.25, -0.2) is 9.78 Å². The van der Waals surface area contributed by atoms with Gasteiger partial charge in [-0.3, -0.25) is 19.7 Å². The Labute approximate surface area is 122 Å². The lowest BCUT2D eigenvalue weighted by Gasteiger charge is -2.09. The second kappa shape index (κ2) is 6.56. The minimum absolute atomic E-state index is 0.0469. The normalized spacial score (nSPS) is 10.5. The van der Waals surface area contributed by atoms with Gasteiger partial charge in [0, 0.05) is 18.6 Å². The van der Waals surface area contributed by atoms with E-state index < -0.39 is 17.5 Å². The quantitative estimate of drug-likeness (QED) is 0.646. The molecular weight excluding hydrogens is 302 g/mol. The van der Waals surface area contributed by atoms with Crippen LogP contribution in [0, 0.1) is 10.1 Å². The van der Waals surface area contributed by atoms with E-state index in [1.165, 1.54) is 18.5 Å². The average molecular weight is 312 g/mol. The van der Waals surface area contributed by atoms with Gasteiger partial charge < -0.3 is 10.6 Å². The molecule has 0 aliphatic carbocycles. The molecule has 2 aromatic heterocycles. The summed E-state index contributed by atoms with van der Waals surface area (Å²) in [5, 5.41) is 15.3. The number of imidazole rings is 1. The topological polar surface area (TPSA) is 115 Å². The van der Waals surface area contributed by atoms with Gasteiger partial charge in [-0.05, 0) is 6.07 Å². The van der Waals surface area contributed by atoms with Crippen LogP contribution in [-0.4, -0.2) is 25.5 Å². The summed E-state index contributed by atoms with van der Waals surface area (Å²) >= 11 is 0. The Hall–Kier alpha value is -3.11. The number of pyridine rings is 1. The van der Waals surface area contributed by atoms with Crippen LogP contribution >= 0.6 is 0 Å². The van der Waals surface area contributed by atoms with E-state index in [-0.39, 0.29) is 23.7 Å². The molecule has 11 heteroatoms. The van der Waals surface area contributed by atoms with E-state index in [0.717, 1.165) is 12.4 Å². The maximum absolute atomic E-state index is 12.6. The Morgan fingerprint density at radius 2 is 2.23 bits per heavy atom. The number of nitro groups is 1. The lowest BCUT2D eigenvalue weighted by molar-refractivity contribution is -0.384. The van der Waals surface area contributed by atoms with Gasteiger partial charge in [0.2, 0.25) is 0 Å². The van der Waals surface area contributed by atoms with Crippen LogP contribution in [0.1, 0.15) is 12.4 Å². The summed E-state index contributed by atoms with van der Waals surface area (Å²) in [5.41, 5.74) is -0.443. The maximum Gasteiger partial charge on any atom is 0.319 e. The third-order valence-electron chi connectivity index (χ3n) is 2.61. The molecule has 9 nitrogen and oxygen atoms in total. The van der Waals surface area contributed by atoms with E-state index in [2.05, 4.69) is 20.6 Å². The summed E-state index contributed by atoms with van der Waals surface area (Å²) in [6.07, 6.45) is 4.51. The molecule has 0 radical (unpaired) electrons. The largest absolute Gasteiger partial charge is 0.331 e. The molecular formula is C11H10F2N6O3. The van der Waals surface area contributed by atoms with Crippen LogP contribution in [0.3, 0.4) is 0 Å². The Bertz CT molecular complexity index is 690. The fraction of sp³-hybridized carbons (Fsp3) is 0.182. The van der Waals surface area contributed by atoms with Crippen LogP contribution in [0.5, 0.6) is 0 Å². The number of alkyl halides is 2. The van der Waals surface area contributed by atoms with E-state index >= 15 is 0 Å². The molecule has 0 saturated carbocycles. The number of anilines is 1. The second-order valence-corrected chi connectivity index (χ2v) is 3.99. The number of carbonyl (C=O) groups is 1. The molecule has 2 rings (SSSR count). The molecule has 0 saturated heterocycles. The van der Waals surface area contributed by atoms with E-state index in [9.17, 15) is 23.7 Å². The van der Waals surface area contributed by atoms with Crippen molar-refractivity contribution >= 4 is 17.4 Å². The molecule has 2 aromatic rings. The summed E-state index contributed by atoms with van der Waals surface area (Å²) in [5.74, 6) is -0.0469. The standard InChI is InChI=1S/C11H10F2N6O3/c12-10(13)18-4-3-15-9(18)6-16-11(20)17-7-1-2-14-5-8(7)19(21)22/h1-5,10H,6H2,(H2,14,16,17,20). The summed E-state index contributed by atoms with van der Waals surface area (Å²) in [4.78, 5) is 29.0. The van der Waals surface area contributed by atoms with Crippen molar-refractivity contribution in [1.29, 1.82) is 0 Å². The highest BCUT2D eigenvalue weighted by Crippen LogP contribution is 2.21. The minimum Gasteiger partial charge on any atom is -0.331 e. The van der Waals surface area contributed by atoms with Crippen LogP contribution in [0.4, 0.5) is 25.0 Å². The Morgan fingerprint density at radius 3 is 2.91 bits per heavy atom. The highest BCUT2D eigenvalue weighted by Gasteiger charge is 2.16. The molecule has 0 fully saturated rings. The summed E-state index contributed by atoms with van der Waals surface area (Å²) < 4.78 is 25.8. The highest BCUT2D eigenvalue weighted by molar-refractivity contribution is 5.91. The number of amides is 2. The van der Waals surface area contributed by atoms with Crippen molar-refractivity contribution in [3.05, 3.63) is 46.8 Å². The lowest BCUT2D eigenvalue weighted by atomic mass is 10.3. The Balaban J connectivity index is 1.99. The number of nitrogens with zero attached hydrogens (tertiary/aromatic N) is 4. The van der Waals surface area contributed by atoms with Gasteiger partial charge in [-0.2, -0.15) is 8.78 Å². The van der Waals surface area contributed by atoms with Crippen LogP contribution in [0.15, 0.2) is 30.9 Å². The predicted octanol–water partition coefficient (Wildman–Crippen LogP) is 1.90. The maximum atomic E-state index is 12.6. The fourth-order valence-electron chi connectivity index (χ4n) is 1.62. The van der Waals surface area contributed by atoms with E-state index in [0.29, 0.717) is 4.57 Å². The molecule has 2 amide bonds. The number of hydrogen-bond acceptors (Lipinski definition) is 5. The molecule has 0 aromatic carbocycles. The summed E-state index contributed by atoms with van der Waals surface area (Å²) in [6, 6.07) is 0.454. The zero-order valence-corrected chi connectivity index (χ0v) is 10.9. The van der Waals surface area contributed by atoms with Crippen molar-refractivity contribution < 1.29 is 18.5 Å². The van der Waals surface area contributed by atoms with E-state index in [1.807, 2.05) is 0 Å². The predicted molar refractivity (Wildman–Crippen MR) is 70.2 cm³/mol. The molecule has 0 aliphatic heterocycles. The van der Waals surface area contributed by atoms with Gasteiger partial charge in [0.05, 0.1) is 11.5 Å². The minimum atomic E-state index is -2.77. The number of nitrogens with one attached hydrogen (secondary N) is 2. The molecule has 0 bridgehead atoms. The molecule has 0 aliphatic rings. The first kappa shape index (κ1) is 15.3. The number of halogens is 2. The van der Waals surface area contributed by atoms with Crippen molar-refractivity contribution in [2.24, 2.45) is 0 Å².